The third kappa shape index (κ3) is 3.83. The first-order valence-corrected chi connectivity index (χ1v) is 12.6. The molecule has 9 atom stereocenters. The number of nitrogens with zero attached hydrogens (tertiary/aromatic N) is 1. The maximum absolute atomic E-state index is 12.7. The number of aliphatic carboxylic acids is 1. The van der Waals surface area contributed by atoms with Gasteiger partial charge in [0, 0.05) is 31.2 Å². The fourth-order valence-corrected chi connectivity index (χ4v) is 6.87. The summed E-state index contributed by atoms with van der Waals surface area (Å²) < 4.78 is 18.2. The molecule has 1 spiro atoms. The van der Waals surface area contributed by atoms with Gasteiger partial charge >= 0.3 is 11.9 Å². The molecule has 0 aromatic rings. The summed E-state index contributed by atoms with van der Waals surface area (Å²) in [5, 5.41) is 9.29. The monoisotopic (exact) mass is 481 g/mol. The molecule has 5 aliphatic heterocycles. The fraction of sp³-hybridized carbons (Fsp3) is 0.875. The normalized spacial score (nSPS) is 45.4. The molecule has 10 nitrogen and oxygen atoms in total. The molecule has 10 heteroatoms. The summed E-state index contributed by atoms with van der Waals surface area (Å²) in [4.78, 5) is 49.8. The van der Waals surface area contributed by atoms with E-state index in [4.69, 9.17) is 24.0 Å². The summed E-state index contributed by atoms with van der Waals surface area (Å²) in [5.74, 6) is -2.25. The molecule has 34 heavy (non-hydrogen) atoms. The Labute approximate surface area is 199 Å². The van der Waals surface area contributed by atoms with Gasteiger partial charge in [0.15, 0.2) is 11.9 Å². The van der Waals surface area contributed by atoms with Gasteiger partial charge in [0.25, 0.3) is 0 Å². The Morgan fingerprint density at radius 3 is 2.62 bits per heavy atom. The molecule has 5 saturated heterocycles. The van der Waals surface area contributed by atoms with E-state index in [1.54, 1.807) is 0 Å². The second-order valence-corrected chi connectivity index (χ2v) is 10.8. The predicted molar refractivity (Wildman–Crippen MR) is 115 cm³/mol. The summed E-state index contributed by atoms with van der Waals surface area (Å²) in [6.45, 7) is 6.47. The van der Waals surface area contributed by atoms with Gasteiger partial charge in [-0.2, -0.15) is 0 Å². The molecule has 5 heterocycles. The predicted octanol–water partition coefficient (Wildman–Crippen LogP) is 2.59. The van der Waals surface area contributed by atoms with Crippen LogP contribution in [0.2, 0.25) is 0 Å². The molecule has 6 aliphatic rings. The summed E-state index contributed by atoms with van der Waals surface area (Å²) in [6, 6.07) is -0.811. The van der Waals surface area contributed by atoms with Crippen molar-refractivity contribution in [3.63, 3.8) is 0 Å². The van der Waals surface area contributed by atoms with Crippen molar-refractivity contribution in [1.82, 2.24) is 4.90 Å². The maximum Gasteiger partial charge on any atom is 0.326 e. The van der Waals surface area contributed by atoms with Gasteiger partial charge in [-0.15, -0.1) is 0 Å². The highest BCUT2D eigenvalue weighted by molar-refractivity contribution is 5.86. The molecule has 0 aromatic heterocycles. The van der Waals surface area contributed by atoms with Crippen LogP contribution in [0.1, 0.15) is 72.1 Å². The van der Waals surface area contributed by atoms with Crippen molar-refractivity contribution in [2.45, 2.75) is 102 Å². The van der Waals surface area contributed by atoms with Crippen LogP contribution in [0.25, 0.3) is 0 Å². The van der Waals surface area contributed by atoms with Gasteiger partial charge in [-0.05, 0) is 50.9 Å². The van der Waals surface area contributed by atoms with Gasteiger partial charge in [0.2, 0.25) is 18.0 Å². The number of ether oxygens (including phenoxy) is 3. The number of fused-ring (bicyclic) bond motifs is 2. The highest BCUT2D eigenvalue weighted by atomic mass is 17.3. The molecule has 1 aliphatic carbocycles. The molecule has 190 valence electrons. The number of rotatable bonds is 5. The third-order valence-corrected chi connectivity index (χ3v) is 8.75. The molecule has 1 N–H and O–H groups in total. The molecule has 6 rings (SSSR count). The molecule has 2 bridgehead atoms. The Balaban J connectivity index is 1.25. The van der Waals surface area contributed by atoms with Crippen LogP contribution in [0.3, 0.4) is 0 Å². The molecular formula is C24H35NO9. The molecular weight excluding hydrogens is 446 g/mol. The standard InChI is InChI=1S/C24H35NO9/c1-13-6-7-16-14(2)21(31-22-24(16)15(13)10-11-23(3,32-22)33-34-24)30-19(27)9-8-18(26)25-12-4-5-17(25)20(28)29/h13-17,21-22H,4-12H2,1-3H3,(H,28,29)/t13-,14-,15+,16+,17-,21-,22-,23+,24+/m1/s1. The van der Waals surface area contributed by atoms with Crippen molar-refractivity contribution in [1.29, 1.82) is 0 Å². The van der Waals surface area contributed by atoms with E-state index in [1.807, 2.05) is 13.8 Å². The van der Waals surface area contributed by atoms with E-state index in [0.29, 0.717) is 31.7 Å². The van der Waals surface area contributed by atoms with E-state index in [2.05, 4.69) is 6.92 Å². The van der Waals surface area contributed by atoms with Gasteiger partial charge in [-0.1, -0.05) is 13.8 Å². The second-order valence-electron chi connectivity index (χ2n) is 10.8. The number of carboxylic acids is 1. The van der Waals surface area contributed by atoms with Crippen LogP contribution in [0.4, 0.5) is 0 Å². The van der Waals surface area contributed by atoms with Crippen molar-refractivity contribution in [2.24, 2.45) is 23.7 Å². The first-order valence-electron chi connectivity index (χ1n) is 12.6. The number of hydrogen-bond donors (Lipinski definition) is 1. The lowest BCUT2D eigenvalue weighted by molar-refractivity contribution is -0.576. The Hall–Kier alpha value is -1.75. The first kappa shape index (κ1) is 24.0. The van der Waals surface area contributed by atoms with E-state index in [0.717, 1.165) is 19.3 Å². The topological polar surface area (TPSA) is 121 Å². The van der Waals surface area contributed by atoms with Gasteiger partial charge in [-0.3, -0.25) is 9.59 Å². The lowest BCUT2D eigenvalue weighted by Gasteiger charge is -2.59. The van der Waals surface area contributed by atoms with Crippen molar-refractivity contribution in [3.8, 4) is 0 Å². The molecule has 0 unspecified atom stereocenters. The molecule has 1 saturated carbocycles. The smallest absolute Gasteiger partial charge is 0.326 e. The van der Waals surface area contributed by atoms with Crippen LogP contribution in [-0.2, 0) is 38.4 Å². The quantitative estimate of drug-likeness (QED) is 0.466. The SMILES string of the molecule is C[C@H]1[C@H](OC(=O)CCC(=O)N2CCC[C@@H]2C(=O)O)O[C@@H]2O[C@]3(C)CC[C@H]4[C@H](C)CC[C@@H]1[C@]24OO3. The van der Waals surface area contributed by atoms with Crippen LogP contribution in [-0.4, -0.2) is 64.4 Å². The Bertz CT molecular complexity index is 850. The summed E-state index contributed by atoms with van der Waals surface area (Å²) in [5.41, 5.74) is -0.729. The maximum atomic E-state index is 12.7. The van der Waals surface area contributed by atoms with Crippen molar-refractivity contribution in [2.75, 3.05) is 6.54 Å². The van der Waals surface area contributed by atoms with Gasteiger partial charge in [0.05, 0.1) is 6.42 Å². The van der Waals surface area contributed by atoms with E-state index in [9.17, 15) is 19.5 Å². The minimum absolute atomic E-state index is 0.0375. The molecule has 0 radical (unpaired) electrons. The lowest BCUT2D eigenvalue weighted by Crippen LogP contribution is -2.70. The zero-order chi connectivity index (χ0) is 24.3. The van der Waals surface area contributed by atoms with Crippen LogP contribution in [0.15, 0.2) is 0 Å². The third-order valence-electron chi connectivity index (χ3n) is 8.75. The van der Waals surface area contributed by atoms with E-state index in [1.165, 1.54) is 4.90 Å². The number of carbonyl (C=O) groups excluding carboxylic acids is 2. The minimum atomic E-state index is -1.01. The first-order chi connectivity index (χ1) is 16.1. The van der Waals surface area contributed by atoms with Crippen LogP contribution >= 0.6 is 0 Å². The summed E-state index contributed by atoms with van der Waals surface area (Å²) in [6.07, 6.45) is 2.89. The average Bonchev–Trinajstić information content (AvgIpc) is 3.18. The van der Waals surface area contributed by atoms with Crippen LogP contribution in [0, 0.1) is 23.7 Å². The number of carboxylic acid groups (broad SMARTS) is 1. The fourth-order valence-electron chi connectivity index (χ4n) is 6.87. The average molecular weight is 482 g/mol. The second kappa shape index (κ2) is 8.72. The molecule has 1 amide bonds. The number of amides is 1. The van der Waals surface area contributed by atoms with Crippen LogP contribution < -0.4 is 0 Å². The van der Waals surface area contributed by atoms with E-state index < -0.39 is 41.9 Å². The molecule has 0 aromatic carbocycles. The number of likely N-dealkylation sites (tertiary alicyclic amines) is 1. The Kier molecular flexibility index (Phi) is 6.15. The number of esters is 1. The van der Waals surface area contributed by atoms with Crippen molar-refractivity contribution < 1.29 is 43.5 Å². The van der Waals surface area contributed by atoms with Gasteiger partial charge in [0.1, 0.15) is 6.04 Å². The van der Waals surface area contributed by atoms with Crippen molar-refractivity contribution >= 4 is 17.8 Å². The van der Waals surface area contributed by atoms with Gasteiger partial charge < -0.3 is 24.2 Å². The van der Waals surface area contributed by atoms with Gasteiger partial charge in [-0.25, -0.2) is 14.6 Å². The van der Waals surface area contributed by atoms with E-state index >= 15 is 0 Å². The highest BCUT2D eigenvalue weighted by Crippen LogP contribution is 2.60. The van der Waals surface area contributed by atoms with E-state index in [-0.39, 0.29) is 36.5 Å². The molecule has 6 fully saturated rings. The zero-order valence-corrected chi connectivity index (χ0v) is 20.1. The Morgan fingerprint density at radius 1 is 1.06 bits per heavy atom. The Morgan fingerprint density at radius 2 is 1.85 bits per heavy atom. The summed E-state index contributed by atoms with van der Waals surface area (Å²) >= 11 is 0. The lowest BCUT2D eigenvalue weighted by atomic mass is 9.58. The largest absolute Gasteiger partial charge is 0.480 e. The summed E-state index contributed by atoms with van der Waals surface area (Å²) in [7, 11) is 0. The van der Waals surface area contributed by atoms with Crippen molar-refractivity contribution in [3.05, 3.63) is 0 Å². The number of hydrogen-bond acceptors (Lipinski definition) is 8. The number of carbonyl (C=O) groups is 3. The highest BCUT2D eigenvalue weighted by Gasteiger charge is 2.69. The minimum Gasteiger partial charge on any atom is -0.480 e. The van der Waals surface area contributed by atoms with Crippen LogP contribution in [0.5, 0.6) is 0 Å². The zero-order valence-electron chi connectivity index (χ0n) is 20.1.